The van der Waals surface area contributed by atoms with Crippen LogP contribution in [0, 0.1) is 23.7 Å². The Morgan fingerprint density at radius 3 is 1.01 bits per heavy atom. The summed E-state index contributed by atoms with van der Waals surface area (Å²) in [5.74, 6) is 7.42. The molecule has 0 N–H and O–H groups in total. The fourth-order valence-electron chi connectivity index (χ4n) is 9.70. The summed E-state index contributed by atoms with van der Waals surface area (Å²) in [6.07, 6.45) is 35.1. The van der Waals surface area contributed by atoms with Crippen molar-refractivity contribution in [2.24, 2.45) is 64.5 Å². The van der Waals surface area contributed by atoms with E-state index in [9.17, 15) is 0 Å². The van der Waals surface area contributed by atoms with Crippen molar-refractivity contribution in [2.45, 2.75) is 206 Å². The van der Waals surface area contributed by atoms with Crippen LogP contribution in [0.15, 0.2) is 53.0 Å². The maximum Gasteiger partial charge on any atom is 0.0237 e. The third kappa shape index (κ3) is 26.5. The smallest absolute Gasteiger partial charge is 0.0237 e. The third-order valence-electron chi connectivity index (χ3n) is 14.0. The molecule has 0 aromatic rings. The zero-order valence-electron chi connectivity index (χ0n) is 42.7. The topological polar surface area (TPSA) is 127 Å². The van der Waals surface area contributed by atoms with Crippen LogP contribution in [-0.4, -0.2) is 87.5 Å². The second kappa shape index (κ2) is 38.2. The average molecular weight is 1210 g/mol. The van der Waals surface area contributed by atoms with E-state index in [1.807, 2.05) is 27.7 Å². The van der Waals surface area contributed by atoms with Crippen LogP contribution in [0.3, 0.4) is 0 Å². The molecule has 4 saturated carbocycles. The molecule has 6 aliphatic rings. The van der Waals surface area contributed by atoms with E-state index in [0.717, 1.165) is 95.2 Å². The predicted molar refractivity (Wildman–Crippen MR) is 317 cm³/mol. The van der Waals surface area contributed by atoms with Crippen LogP contribution in [0.25, 0.3) is 10.6 Å². The van der Waals surface area contributed by atoms with Gasteiger partial charge in [-0.1, -0.05) is 127 Å². The molecule has 0 aromatic heterocycles. The van der Waals surface area contributed by atoms with Crippen LogP contribution in [-0.2, 0) is 89.5 Å². The van der Waals surface area contributed by atoms with Gasteiger partial charge in [-0.2, -0.15) is 40.8 Å². The van der Waals surface area contributed by atoms with E-state index in [2.05, 4.69) is 53.0 Å². The van der Waals surface area contributed by atoms with Crippen molar-refractivity contribution < 1.29 is 39.0 Å². The van der Waals surface area contributed by atoms with Crippen molar-refractivity contribution in [3.63, 3.8) is 0 Å². The molecule has 70 heavy (non-hydrogen) atoms. The van der Waals surface area contributed by atoms with Gasteiger partial charge in [0.15, 0.2) is 0 Å². The van der Waals surface area contributed by atoms with Crippen molar-refractivity contribution in [3.8, 4) is 0 Å². The first-order chi connectivity index (χ1) is 33.0. The standard InChI is InChI=1S/C25H42N5S4.C25H40N5S4.2Zn/c2*1-18(27-29-24(31)33-16-20-10-5-3-6-11-20)22-14-9-15-23(26-22)19(2)28-30-25(32)34-17-21-12-7-4-8-13-21;;/h20-23H,3-17H2,1-2H3,(H,29,31)(H,30,32);9,14,20-23H,3-8,10-13,15-17H2,1-2H3,(H,29,31)(H,30,32);;/q2*-1;;/p-4. The van der Waals surface area contributed by atoms with Gasteiger partial charge in [0.2, 0.25) is 0 Å². The van der Waals surface area contributed by atoms with Gasteiger partial charge >= 0.3 is 0 Å². The molecular formula is C50H78N10S8Zn2-6. The van der Waals surface area contributed by atoms with E-state index >= 15 is 0 Å². The molecule has 4 unspecified atom stereocenters. The van der Waals surface area contributed by atoms with E-state index in [0.29, 0.717) is 17.5 Å². The Balaban J connectivity index is 0.000000360. The Morgan fingerprint density at radius 1 is 0.386 bits per heavy atom. The Bertz CT molecular complexity index is 1730. The monoisotopic (exact) mass is 1200 g/mol. The van der Waals surface area contributed by atoms with Crippen LogP contribution in [0.4, 0.5) is 0 Å². The van der Waals surface area contributed by atoms with E-state index < -0.39 is 0 Å². The molecular weight excluding hydrogens is 1130 g/mol. The van der Waals surface area contributed by atoms with Crippen molar-refractivity contribution in [1.82, 2.24) is 0 Å². The third-order valence-corrected chi connectivity index (χ3v) is 19.6. The molecule has 20 heteroatoms. The summed E-state index contributed by atoms with van der Waals surface area (Å²) in [6, 6.07) is 0.0342. The number of nitrogens with zero attached hydrogens (tertiary/aromatic N) is 10. The molecule has 0 bridgehead atoms. The Kier molecular flexibility index (Phi) is 35.3. The first kappa shape index (κ1) is 64.8. The molecule has 1 saturated heterocycles. The first-order valence-corrected chi connectivity index (χ1v) is 31.3. The Morgan fingerprint density at radius 2 is 0.686 bits per heavy atom. The molecule has 4 atom stereocenters. The molecule has 4 aliphatic carbocycles. The molecule has 0 radical (unpaired) electrons. The summed E-state index contributed by atoms with van der Waals surface area (Å²) in [7, 11) is 0. The second-order valence-electron chi connectivity index (χ2n) is 19.6. The van der Waals surface area contributed by atoms with Gasteiger partial charge in [-0.05, 0) is 127 Å². The molecule has 0 aromatic carbocycles. The zero-order valence-corrected chi connectivity index (χ0v) is 55.2. The fourth-order valence-corrected chi connectivity index (χ4v) is 13.9. The van der Waals surface area contributed by atoms with Gasteiger partial charge in [0.1, 0.15) is 0 Å². The minimum absolute atomic E-state index is 0. The van der Waals surface area contributed by atoms with Crippen LogP contribution in [0.5, 0.6) is 0 Å². The van der Waals surface area contributed by atoms with Crippen LogP contribution >= 0.6 is 47.0 Å². The number of piperidine rings is 1. The second-order valence-corrected chi connectivity index (χ2v) is 26.2. The van der Waals surface area contributed by atoms with Crippen molar-refractivity contribution in [3.05, 3.63) is 22.8 Å². The molecule has 0 amide bonds. The van der Waals surface area contributed by atoms with Gasteiger partial charge in [-0.25, -0.2) is 0 Å². The SMILES string of the molecule is CC(=NN=C([S-])SCC1CCCCC1)C1C=CCC(C(C)=NN=C([S-])SCC2CCCCC2)[N-]1.CC(=NN=C([S-])SCC1CCCCC1)C1CCCC(C(C)=NN=C([S-])SCC2CCCCC2)[N-]1.[Zn].[Zn]. The number of rotatable bonds is 16. The number of thioether (sulfide) groups is 4. The van der Waals surface area contributed by atoms with Crippen molar-refractivity contribution >= 4 is 138 Å². The maximum atomic E-state index is 5.44. The van der Waals surface area contributed by atoms with E-state index in [1.54, 1.807) is 47.0 Å². The summed E-state index contributed by atoms with van der Waals surface area (Å²) < 4.78 is 2.54. The van der Waals surface area contributed by atoms with Gasteiger partial charge < -0.3 is 61.1 Å². The summed E-state index contributed by atoms with van der Waals surface area (Å²) in [6.45, 7) is 7.98. The normalized spacial score (nSPS) is 26.2. The van der Waals surface area contributed by atoms with Crippen molar-refractivity contribution in [2.75, 3.05) is 23.0 Å². The number of hydrogen-bond donors (Lipinski definition) is 0. The van der Waals surface area contributed by atoms with Gasteiger partial charge in [-0.15, -0.1) is 53.1 Å². The molecule has 0 spiro atoms. The molecule has 2 heterocycles. The summed E-state index contributed by atoms with van der Waals surface area (Å²) in [5.41, 5.74) is 3.62. The maximum absolute atomic E-state index is 5.44. The van der Waals surface area contributed by atoms with Crippen LogP contribution in [0.2, 0.25) is 0 Å². The van der Waals surface area contributed by atoms with Crippen LogP contribution in [0.1, 0.15) is 182 Å². The fraction of sp³-hybridized carbons (Fsp3) is 0.800. The van der Waals surface area contributed by atoms with E-state index in [-0.39, 0.29) is 63.1 Å². The van der Waals surface area contributed by atoms with Gasteiger partial charge in [0.05, 0.1) is 0 Å². The van der Waals surface area contributed by atoms with E-state index in [4.69, 9.17) is 61.1 Å². The van der Waals surface area contributed by atoms with Gasteiger partial charge in [0.25, 0.3) is 0 Å². The first-order valence-electron chi connectivity index (χ1n) is 25.8. The van der Waals surface area contributed by atoms with Crippen molar-refractivity contribution in [1.29, 1.82) is 0 Å². The molecule has 10 nitrogen and oxygen atoms in total. The summed E-state index contributed by atoms with van der Waals surface area (Å²) in [5, 5.41) is 44.8. The van der Waals surface area contributed by atoms with Gasteiger partial charge in [-0.3, -0.25) is 0 Å². The zero-order chi connectivity index (χ0) is 48.4. The summed E-state index contributed by atoms with van der Waals surface area (Å²) in [4.78, 5) is 0. The largest absolute Gasteiger partial charge is 0.752 e. The predicted octanol–water partition coefficient (Wildman–Crippen LogP) is 14.7. The van der Waals surface area contributed by atoms with Crippen LogP contribution < -0.4 is 0 Å². The van der Waals surface area contributed by atoms with Gasteiger partial charge in [0, 0.05) is 84.8 Å². The minimum Gasteiger partial charge on any atom is -0.752 e. The molecule has 2 aliphatic heterocycles. The number of hydrogen-bond acceptors (Lipinski definition) is 16. The quantitative estimate of drug-likeness (QED) is 0.0373. The molecule has 5 fully saturated rings. The minimum atomic E-state index is -0.105. The summed E-state index contributed by atoms with van der Waals surface area (Å²) >= 11 is 28.4. The Labute approximate surface area is 488 Å². The average Bonchev–Trinajstić information content (AvgIpc) is 3.39. The Hall–Kier alpha value is 0.547. The molecule has 386 valence electrons. The molecule has 6 rings (SSSR count). The van der Waals surface area contributed by atoms with E-state index in [1.165, 1.54) is 128 Å².